The number of aryl methyl sites for hydroxylation is 1. The molecule has 0 spiro atoms. The molecule has 4 nitrogen and oxygen atoms in total. The Morgan fingerprint density at radius 2 is 1.84 bits per heavy atom. The largest absolute Gasteiger partial charge is 0.332 e. The van der Waals surface area contributed by atoms with Crippen molar-refractivity contribution in [3.63, 3.8) is 0 Å². The first kappa shape index (κ1) is 22.7. The second-order valence-corrected chi connectivity index (χ2v) is 9.99. The molecule has 1 saturated carbocycles. The summed E-state index contributed by atoms with van der Waals surface area (Å²) in [5.74, 6) is -0.547. The molecule has 166 valence electrons. The van der Waals surface area contributed by atoms with E-state index in [0.717, 1.165) is 33.3 Å². The number of benzene rings is 2. The zero-order valence-electron chi connectivity index (χ0n) is 17.8. The molecule has 1 aromatic heterocycles. The van der Waals surface area contributed by atoms with Crippen LogP contribution in [0.5, 0.6) is 0 Å². The highest BCUT2D eigenvalue weighted by atomic mass is 79.9. The van der Waals surface area contributed by atoms with Gasteiger partial charge in [0.05, 0.1) is 6.54 Å². The van der Waals surface area contributed by atoms with Crippen LogP contribution in [0.1, 0.15) is 39.2 Å². The fraction of sp³-hybridized carbons (Fsp3) is 0.280. The van der Waals surface area contributed by atoms with Crippen LogP contribution in [0.25, 0.3) is 0 Å². The number of hydrogen-bond acceptors (Lipinski definition) is 3. The Labute approximate surface area is 199 Å². The van der Waals surface area contributed by atoms with Gasteiger partial charge in [0, 0.05) is 27.5 Å². The van der Waals surface area contributed by atoms with Crippen molar-refractivity contribution in [3.8, 4) is 0 Å². The van der Waals surface area contributed by atoms with Gasteiger partial charge >= 0.3 is 0 Å². The van der Waals surface area contributed by atoms with E-state index in [4.69, 9.17) is 0 Å². The lowest BCUT2D eigenvalue weighted by molar-refractivity contribution is -0.133. The minimum atomic E-state index is -0.305. The SMILES string of the molecule is Cc1ccsc1CN(Cc1ccc(F)cc1)C(=O)CN(C(=O)c1cccc(Br)c1)C1CC1. The second kappa shape index (κ2) is 9.96. The molecular weight excluding hydrogens is 491 g/mol. The lowest BCUT2D eigenvalue weighted by Crippen LogP contribution is -2.43. The van der Waals surface area contributed by atoms with E-state index in [0.29, 0.717) is 18.7 Å². The third kappa shape index (κ3) is 5.64. The predicted octanol–water partition coefficient (Wildman–Crippen LogP) is 5.79. The van der Waals surface area contributed by atoms with E-state index in [2.05, 4.69) is 15.9 Å². The standard InChI is InChI=1S/C25H24BrFN2O2S/c1-17-11-12-32-23(17)15-28(14-18-5-7-21(27)8-6-18)24(30)16-29(22-9-10-22)25(31)19-3-2-4-20(26)13-19/h2-8,11-13,22H,9-10,14-16H2,1H3. The monoisotopic (exact) mass is 514 g/mol. The quantitative estimate of drug-likeness (QED) is 0.381. The summed E-state index contributed by atoms with van der Waals surface area (Å²) < 4.78 is 14.2. The molecule has 0 saturated heterocycles. The number of thiophene rings is 1. The Bertz CT molecular complexity index is 1110. The van der Waals surface area contributed by atoms with E-state index in [1.807, 2.05) is 30.5 Å². The van der Waals surface area contributed by atoms with Gasteiger partial charge in [-0.2, -0.15) is 0 Å². The summed E-state index contributed by atoms with van der Waals surface area (Å²) in [5.41, 5.74) is 2.56. The highest BCUT2D eigenvalue weighted by Gasteiger charge is 2.35. The smallest absolute Gasteiger partial charge is 0.254 e. The normalized spacial score (nSPS) is 13.1. The number of carbonyl (C=O) groups excluding carboxylic acids is 2. The molecule has 0 N–H and O–H groups in total. The van der Waals surface area contributed by atoms with Crippen molar-refractivity contribution in [2.45, 2.75) is 38.9 Å². The zero-order valence-corrected chi connectivity index (χ0v) is 20.2. The summed E-state index contributed by atoms with van der Waals surface area (Å²) in [6.07, 6.45) is 1.82. The van der Waals surface area contributed by atoms with Crippen molar-refractivity contribution in [2.75, 3.05) is 6.54 Å². The van der Waals surface area contributed by atoms with E-state index in [9.17, 15) is 14.0 Å². The number of carbonyl (C=O) groups is 2. The molecule has 0 unspecified atom stereocenters. The van der Waals surface area contributed by atoms with Gasteiger partial charge in [-0.25, -0.2) is 4.39 Å². The molecule has 1 heterocycles. The molecule has 1 aliphatic carbocycles. The molecule has 4 rings (SSSR count). The van der Waals surface area contributed by atoms with Crippen molar-refractivity contribution in [3.05, 3.63) is 91.8 Å². The van der Waals surface area contributed by atoms with Gasteiger partial charge in [-0.05, 0) is 72.7 Å². The van der Waals surface area contributed by atoms with Crippen LogP contribution in [0, 0.1) is 12.7 Å². The van der Waals surface area contributed by atoms with Gasteiger partial charge in [-0.3, -0.25) is 9.59 Å². The van der Waals surface area contributed by atoms with Gasteiger partial charge in [0.1, 0.15) is 12.4 Å². The number of rotatable bonds is 8. The predicted molar refractivity (Wildman–Crippen MR) is 128 cm³/mol. The summed E-state index contributed by atoms with van der Waals surface area (Å²) in [6.45, 7) is 2.88. The maximum absolute atomic E-state index is 13.5. The molecule has 2 amide bonds. The van der Waals surface area contributed by atoms with Crippen LogP contribution in [0.15, 0.2) is 64.5 Å². The first-order valence-corrected chi connectivity index (χ1v) is 12.2. The van der Waals surface area contributed by atoms with Crippen LogP contribution in [-0.4, -0.2) is 34.2 Å². The lowest BCUT2D eigenvalue weighted by Gasteiger charge is -2.28. The number of amides is 2. The first-order chi connectivity index (χ1) is 15.4. The fourth-order valence-corrected chi connectivity index (χ4v) is 4.89. The van der Waals surface area contributed by atoms with Gasteiger partial charge in [-0.15, -0.1) is 11.3 Å². The van der Waals surface area contributed by atoms with Crippen molar-refractivity contribution in [1.29, 1.82) is 0 Å². The van der Waals surface area contributed by atoms with Crippen LogP contribution in [0.4, 0.5) is 4.39 Å². The van der Waals surface area contributed by atoms with Gasteiger partial charge in [0.25, 0.3) is 5.91 Å². The summed E-state index contributed by atoms with van der Waals surface area (Å²) in [6, 6.07) is 15.6. The van der Waals surface area contributed by atoms with E-state index in [1.54, 1.807) is 45.4 Å². The van der Waals surface area contributed by atoms with Crippen LogP contribution in [0.3, 0.4) is 0 Å². The summed E-state index contributed by atoms with van der Waals surface area (Å²) >= 11 is 5.03. The van der Waals surface area contributed by atoms with Gasteiger partial charge in [-0.1, -0.05) is 34.1 Å². The maximum Gasteiger partial charge on any atom is 0.254 e. The molecule has 0 bridgehead atoms. The van der Waals surface area contributed by atoms with Gasteiger partial charge in [0.15, 0.2) is 0 Å². The van der Waals surface area contributed by atoms with Crippen LogP contribution >= 0.6 is 27.3 Å². The Balaban J connectivity index is 1.55. The highest BCUT2D eigenvalue weighted by molar-refractivity contribution is 9.10. The van der Waals surface area contributed by atoms with E-state index < -0.39 is 0 Å². The maximum atomic E-state index is 13.5. The molecule has 0 radical (unpaired) electrons. The minimum absolute atomic E-state index is 0.0294. The van der Waals surface area contributed by atoms with Crippen molar-refractivity contribution in [1.82, 2.24) is 9.80 Å². The van der Waals surface area contributed by atoms with Crippen LogP contribution < -0.4 is 0 Å². The van der Waals surface area contributed by atoms with Gasteiger partial charge < -0.3 is 9.80 Å². The molecule has 3 aromatic rings. The molecular formula is C25H24BrFN2O2S. The molecule has 2 aromatic carbocycles. The molecule has 7 heteroatoms. The number of halogens is 2. The van der Waals surface area contributed by atoms with Crippen LogP contribution in [0.2, 0.25) is 0 Å². The van der Waals surface area contributed by atoms with E-state index in [1.165, 1.54) is 12.1 Å². The fourth-order valence-electron chi connectivity index (χ4n) is 3.57. The van der Waals surface area contributed by atoms with Crippen molar-refractivity contribution in [2.24, 2.45) is 0 Å². The number of nitrogens with zero attached hydrogens (tertiary/aromatic N) is 2. The molecule has 32 heavy (non-hydrogen) atoms. The number of hydrogen-bond donors (Lipinski definition) is 0. The Hall–Kier alpha value is -2.51. The van der Waals surface area contributed by atoms with Crippen molar-refractivity contribution >= 4 is 39.1 Å². The highest BCUT2D eigenvalue weighted by Crippen LogP contribution is 2.29. The lowest BCUT2D eigenvalue weighted by atomic mass is 10.1. The third-order valence-electron chi connectivity index (χ3n) is 5.57. The third-order valence-corrected chi connectivity index (χ3v) is 7.07. The Kier molecular flexibility index (Phi) is 7.06. The first-order valence-electron chi connectivity index (χ1n) is 10.5. The average molecular weight is 515 g/mol. The molecule has 0 atom stereocenters. The zero-order chi connectivity index (χ0) is 22.7. The van der Waals surface area contributed by atoms with Gasteiger partial charge in [0.2, 0.25) is 5.91 Å². The van der Waals surface area contributed by atoms with Crippen LogP contribution in [-0.2, 0) is 17.9 Å². The molecule has 1 fully saturated rings. The second-order valence-electron chi connectivity index (χ2n) is 8.08. The minimum Gasteiger partial charge on any atom is -0.332 e. The Morgan fingerprint density at radius 1 is 1.09 bits per heavy atom. The summed E-state index contributed by atoms with van der Waals surface area (Å²) in [5, 5.41) is 2.01. The molecule has 1 aliphatic rings. The molecule has 0 aliphatic heterocycles. The van der Waals surface area contributed by atoms with Crippen molar-refractivity contribution < 1.29 is 14.0 Å². The van der Waals surface area contributed by atoms with E-state index >= 15 is 0 Å². The Morgan fingerprint density at radius 3 is 2.47 bits per heavy atom. The average Bonchev–Trinajstić information content (AvgIpc) is 3.54. The topological polar surface area (TPSA) is 40.6 Å². The summed E-state index contributed by atoms with van der Waals surface area (Å²) in [4.78, 5) is 31.2. The van der Waals surface area contributed by atoms with E-state index in [-0.39, 0.29) is 30.2 Å². The summed E-state index contributed by atoms with van der Waals surface area (Å²) in [7, 11) is 0.